The lowest BCUT2D eigenvalue weighted by Crippen LogP contribution is -2.33. The molecule has 0 saturated carbocycles. The van der Waals surface area contributed by atoms with Crippen LogP contribution in [0.1, 0.15) is 12.5 Å². The third-order valence-electron chi connectivity index (χ3n) is 1.53. The number of hydrazone groups is 1. The van der Waals surface area contributed by atoms with E-state index in [4.69, 9.17) is 11.1 Å². The number of hydroxylamine groups is 1. The van der Waals surface area contributed by atoms with Crippen molar-refractivity contribution in [2.45, 2.75) is 6.92 Å². The molecule has 0 amide bonds. The number of benzene rings is 1. The number of carbonyl (C=O) groups excluding carboxylic acids is 1. The van der Waals surface area contributed by atoms with Gasteiger partial charge in [-0.15, -0.1) is 5.10 Å². The summed E-state index contributed by atoms with van der Waals surface area (Å²) in [6.45, 7) is 1.20. The fourth-order valence-corrected chi connectivity index (χ4v) is 0.915. The first-order valence-corrected chi connectivity index (χ1v) is 4.51. The van der Waals surface area contributed by atoms with Crippen LogP contribution in [-0.2, 0) is 9.63 Å². The summed E-state index contributed by atoms with van der Waals surface area (Å²) >= 11 is 0. The smallest absolute Gasteiger partial charge is 0.332 e. The molecule has 0 spiro atoms. The molecule has 0 aliphatic rings. The minimum atomic E-state index is -0.597. The fourth-order valence-electron chi connectivity index (χ4n) is 0.915. The monoisotopic (exact) mass is 220 g/mol. The summed E-state index contributed by atoms with van der Waals surface area (Å²) < 4.78 is 0. The zero-order chi connectivity index (χ0) is 12.0. The fraction of sp³-hybridized carbons (Fsp3) is 0.100. The topological polar surface area (TPSA) is 91.8 Å². The molecule has 3 N–H and O–H groups in total. The predicted molar refractivity (Wildman–Crippen MR) is 59.6 cm³/mol. The number of hydrogen-bond donors (Lipinski definition) is 2. The summed E-state index contributed by atoms with van der Waals surface area (Å²) in [6.07, 6.45) is 1.43. The van der Waals surface area contributed by atoms with Crippen molar-refractivity contribution >= 4 is 18.1 Å². The van der Waals surface area contributed by atoms with Crippen molar-refractivity contribution in [1.82, 2.24) is 5.17 Å². The maximum absolute atomic E-state index is 10.7. The number of guanidine groups is 1. The molecule has 1 aromatic carbocycles. The number of carbonyl (C=O) groups is 1. The first-order valence-electron chi connectivity index (χ1n) is 4.51. The largest absolute Gasteiger partial charge is 0.366 e. The van der Waals surface area contributed by atoms with Gasteiger partial charge in [-0.3, -0.25) is 5.41 Å². The van der Waals surface area contributed by atoms with Crippen LogP contribution in [0, 0.1) is 5.41 Å². The van der Waals surface area contributed by atoms with E-state index >= 15 is 0 Å². The normalized spacial score (nSPS) is 10.1. The van der Waals surface area contributed by atoms with E-state index in [1.807, 2.05) is 30.3 Å². The van der Waals surface area contributed by atoms with Crippen LogP contribution in [-0.4, -0.2) is 23.3 Å². The Labute approximate surface area is 92.8 Å². The first kappa shape index (κ1) is 11.7. The average molecular weight is 220 g/mol. The van der Waals surface area contributed by atoms with Crippen molar-refractivity contribution in [3.05, 3.63) is 35.9 Å². The van der Waals surface area contributed by atoms with Gasteiger partial charge in [-0.25, -0.2) is 4.79 Å². The predicted octanol–water partition coefficient (Wildman–Crippen LogP) is 0.694. The zero-order valence-electron chi connectivity index (χ0n) is 8.75. The Morgan fingerprint density at radius 3 is 2.62 bits per heavy atom. The number of rotatable bonds is 2. The number of nitrogens with zero attached hydrogens (tertiary/aromatic N) is 2. The summed E-state index contributed by atoms with van der Waals surface area (Å²) in [4.78, 5) is 15.3. The van der Waals surface area contributed by atoms with Crippen LogP contribution < -0.4 is 5.73 Å². The molecule has 16 heavy (non-hydrogen) atoms. The Hall–Kier alpha value is -2.37. The van der Waals surface area contributed by atoms with Gasteiger partial charge < -0.3 is 10.6 Å². The van der Waals surface area contributed by atoms with Gasteiger partial charge in [0.05, 0.1) is 6.21 Å². The van der Waals surface area contributed by atoms with Crippen LogP contribution in [0.25, 0.3) is 0 Å². The van der Waals surface area contributed by atoms with E-state index in [9.17, 15) is 4.79 Å². The van der Waals surface area contributed by atoms with E-state index in [2.05, 4.69) is 9.94 Å². The van der Waals surface area contributed by atoms with E-state index in [-0.39, 0.29) is 0 Å². The lowest BCUT2D eigenvalue weighted by atomic mass is 10.2. The highest BCUT2D eigenvalue weighted by atomic mass is 16.7. The van der Waals surface area contributed by atoms with E-state index in [0.717, 1.165) is 5.56 Å². The molecule has 0 aromatic heterocycles. The molecule has 0 saturated heterocycles. The molecule has 0 aliphatic heterocycles. The standard InChI is InChI=1S/C10H12N4O2/c1-8(15)16-14(10(11)12)13-7-9-5-3-2-4-6-9/h2-7H,1H3,(H3,11,12). The van der Waals surface area contributed by atoms with Gasteiger partial charge in [-0.2, -0.15) is 0 Å². The van der Waals surface area contributed by atoms with Gasteiger partial charge in [-0.1, -0.05) is 35.5 Å². The van der Waals surface area contributed by atoms with E-state index in [0.29, 0.717) is 5.17 Å². The lowest BCUT2D eigenvalue weighted by molar-refractivity contribution is -0.170. The summed E-state index contributed by atoms with van der Waals surface area (Å²) in [5.41, 5.74) is 5.97. The van der Waals surface area contributed by atoms with Gasteiger partial charge in [0.15, 0.2) is 0 Å². The Kier molecular flexibility index (Phi) is 4.02. The molecule has 1 rings (SSSR count). The minimum absolute atomic E-state index is 0.470. The molecule has 0 atom stereocenters. The molecule has 6 heteroatoms. The quantitative estimate of drug-likeness (QED) is 0.436. The second kappa shape index (κ2) is 5.50. The Balaban J connectivity index is 2.72. The summed E-state index contributed by atoms with van der Waals surface area (Å²) in [5.74, 6) is -1.07. The molecule has 84 valence electrons. The summed E-state index contributed by atoms with van der Waals surface area (Å²) in [6, 6.07) is 9.17. The maximum atomic E-state index is 10.7. The van der Waals surface area contributed by atoms with Crippen molar-refractivity contribution in [3.8, 4) is 0 Å². The van der Waals surface area contributed by atoms with Crippen LogP contribution in [0.5, 0.6) is 0 Å². The summed E-state index contributed by atoms with van der Waals surface area (Å²) in [5, 5.41) is 11.5. The molecule has 0 unspecified atom stereocenters. The molecule has 1 aromatic rings. The van der Waals surface area contributed by atoms with Crippen molar-refractivity contribution in [2.75, 3.05) is 0 Å². The van der Waals surface area contributed by atoms with Gasteiger partial charge >= 0.3 is 5.97 Å². The van der Waals surface area contributed by atoms with Crippen LogP contribution in [0.2, 0.25) is 0 Å². The molecule has 6 nitrogen and oxygen atoms in total. The second-order valence-corrected chi connectivity index (χ2v) is 2.90. The highest BCUT2D eigenvalue weighted by Crippen LogP contribution is 1.96. The van der Waals surface area contributed by atoms with Crippen molar-refractivity contribution in [2.24, 2.45) is 10.8 Å². The molecular formula is C10H12N4O2. The Bertz CT molecular complexity index is 403. The minimum Gasteiger partial charge on any atom is -0.366 e. The van der Waals surface area contributed by atoms with Gasteiger partial charge in [0, 0.05) is 6.92 Å². The number of hydrogen-bond acceptors (Lipinski definition) is 4. The molecule has 0 bridgehead atoms. The van der Waals surface area contributed by atoms with Crippen molar-refractivity contribution < 1.29 is 9.63 Å². The summed E-state index contributed by atoms with van der Waals surface area (Å²) in [7, 11) is 0. The van der Waals surface area contributed by atoms with Crippen molar-refractivity contribution in [3.63, 3.8) is 0 Å². The highest BCUT2D eigenvalue weighted by molar-refractivity contribution is 5.82. The Morgan fingerprint density at radius 1 is 1.50 bits per heavy atom. The average Bonchev–Trinajstić information content (AvgIpc) is 2.25. The number of nitrogens with two attached hydrogens (primary N) is 1. The second-order valence-electron chi connectivity index (χ2n) is 2.90. The van der Waals surface area contributed by atoms with Crippen LogP contribution >= 0.6 is 0 Å². The van der Waals surface area contributed by atoms with Gasteiger partial charge in [0.1, 0.15) is 0 Å². The van der Waals surface area contributed by atoms with Crippen LogP contribution in [0.4, 0.5) is 0 Å². The number of nitrogens with one attached hydrogen (secondary N) is 1. The maximum Gasteiger partial charge on any atom is 0.332 e. The zero-order valence-corrected chi connectivity index (χ0v) is 8.75. The lowest BCUT2D eigenvalue weighted by Gasteiger charge is -2.13. The van der Waals surface area contributed by atoms with E-state index in [1.165, 1.54) is 13.1 Å². The third kappa shape index (κ3) is 3.79. The molecule has 0 radical (unpaired) electrons. The first-order chi connectivity index (χ1) is 7.59. The van der Waals surface area contributed by atoms with Crippen molar-refractivity contribution in [1.29, 1.82) is 5.41 Å². The van der Waals surface area contributed by atoms with E-state index < -0.39 is 11.9 Å². The molecule has 0 aliphatic carbocycles. The van der Waals surface area contributed by atoms with E-state index in [1.54, 1.807) is 0 Å². The van der Waals surface area contributed by atoms with Gasteiger partial charge in [-0.05, 0) is 5.56 Å². The SMILES string of the molecule is CC(=O)ON(N=Cc1ccccc1)C(=N)N. The molecular weight excluding hydrogens is 208 g/mol. The highest BCUT2D eigenvalue weighted by Gasteiger charge is 2.07. The van der Waals surface area contributed by atoms with Gasteiger partial charge in [0.2, 0.25) is 5.96 Å². The molecule has 0 heterocycles. The van der Waals surface area contributed by atoms with Gasteiger partial charge in [0.25, 0.3) is 0 Å². The Morgan fingerprint density at radius 2 is 2.12 bits per heavy atom. The molecule has 0 fully saturated rings. The van der Waals surface area contributed by atoms with Crippen LogP contribution in [0.3, 0.4) is 0 Å². The third-order valence-corrected chi connectivity index (χ3v) is 1.53. The van der Waals surface area contributed by atoms with Crippen LogP contribution in [0.15, 0.2) is 35.4 Å².